The number of halogens is 1. The predicted molar refractivity (Wildman–Crippen MR) is 83.2 cm³/mol. The van der Waals surface area contributed by atoms with Gasteiger partial charge >= 0.3 is 0 Å². The lowest BCUT2D eigenvalue weighted by atomic mass is 10.2. The smallest absolute Gasteiger partial charge is 0.227 e. The number of rotatable bonds is 4. The summed E-state index contributed by atoms with van der Waals surface area (Å²) in [6.45, 7) is 2.54. The molecule has 0 bridgehead atoms. The molecule has 0 radical (unpaired) electrons. The quantitative estimate of drug-likeness (QED) is 0.831. The van der Waals surface area contributed by atoms with Crippen LogP contribution in [0.15, 0.2) is 33.3 Å². The van der Waals surface area contributed by atoms with Crippen LogP contribution in [0, 0.1) is 0 Å². The lowest BCUT2D eigenvalue weighted by Crippen LogP contribution is -2.40. The molecule has 2 heterocycles. The van der Waals surface area contributed by atoms with Crippen LogP contribution in [0.1, 0.15) is 12.3 Å². The Balaban J connectivity index is 1.57. The van der Waals surface area contributed by atoms with Crippen molar-refractivity contribution in [2.24, 2.45) is 0 Å². The summed E-state index contributed by atoms with van der Waals surface area (Å²) < 4.78 is 11.5. The molecule has 0 N–H and O–H groups in total. The fourth-order valence-electron chi connectivity index (χ4n) is 2.26. The third-order valence-corrected chi connectivity index (χ3v) is 4.02. The fraction of sp³-hybridized carbons (Fsp3) is 0.400. The van der Waals surface area contributed by atoms with Crippen molar-refractivity contribution in [1.82, 2.24) is 15.0 Å². The third-order valence-electron chi connectivity index (χ3n) is 3.49. The Morgan fingerprint density at radius 1 is 1.23 bits per heavy atom. The normalized spacial score (nSPS) is 15.0. The lowest BCUT2D eigenvalue weighted by molar-refractivity contribution is -0.135. The molecule has 7 heteroatoms. The van der Waals surface area contributed by atoms with Crippen molar-refractivity contribution >= 4 is 21.8 Å². The van der Waals surface area contributed by atoms with Gasteiger partial charge in [0.1, 0.15) is 0 Å². The van der Waals surface area contributed by atoms with Crippen molar-refractivity contribution in [3.8, 4) is 11.4 Å². The molecular weight excluding hydrogens is 350 g/mol. The molecule has 1 aliphatic rings. The second-order valence-corrected chi connectivity index (χ2v) is 5.93. The maximum absolute atomic E-state index is 12.1. The molecule has 0 unspecified atom stereocenters. The topological polar surface area (TPSA) is 68.5 Å². The van der Waals surface area contributed by atoms with Crippen LogP contribution in [0.3, 0.4) is 0 Å². The summed E-state index contributed by atoms with van der Waals surface area (Å²) in [5.74, 6) is 1.13. The third kappa shape index (κ3) is 3.72. The highest BCUT2D eigenvalue weighted by Gasteiger charge is 2.18. The van der Waals surface area contributed by atoms with Crippen LogP contribution in [-0.4, -0.2) is 47.3 Å². The molecule has 0 atom stereocenters. The number of nitrogens with zero attached hydrogens (tertiary/aromatic N) is 3. The molecule has 1 fully saturated rings. The molecule has 116 valence electrons. The first kappa shape index (κ1) is 15.2. The summed E-state index contributed by atoms with van der Waals surface area (Å²) in [4.78, 5) is 18.2. The Kier molecular flexibility index (Phi) is 4.84. The molecule has 6 nitrogen and oxygen atoms in total. The highest BCUT2D eigenvalue weighted by Crippen LogP contribution is 2.19. The minimum absolute atomic E-state index is 0.103. The zero-order chi connectivity index (χ0) is 15.4. The van der Waals surface area contributed by atoms with Gasteiger partial charge in [0.25, 0.3) is 0 Å². The lowest BCUT2D eigenvalue weighted by Gasteiger charge is -2.26. The highest BCUT2D eigenvalue weighted by atomic mass is 79.9. The Bertz CT molecular complexity index is 636. The van der Waals surface area contributed by atoms with Gasteiger partial charge in [-0.15, -0.1) is 0 Å². The van der Waals surface area contributed by atoms with Crippen molar-refractivity contribution in [1.29, 1.82) is 0 Å². The highest BCUT2D eigenvalue weighted by molar-refractivity contribution is 9.10. The number of hydrogen-bond donors (Lipinski definition) is 0. The Labute approximate surface area is 136 Å². The first-order chi connectivity index (χ1) is 10.7. The van der Waals surface area contributed by atoms with E-state index >= 15 is 0 Å². The number of carbonyl (C=O) groups is 1. The van der Waals surface area contributed by atoms with Gasteiger partial charge in [-0.25, -0.2) is 0 Å². The monoisotopic (exact) mass is 365 g/mol. The van der Waals surface area contributed by atoms with Gasteiger partial charge < -0.3 is 14.2 Å². The first-order valence-electron chi connectivity index (χ1n) is 7.16. The van der Waals surface area contributed by atoms with Crippen LogP contribution in [-0.2, 0) is 16.0 Å². The van der Waals surface area contributed by atoms with E-state index in [1.807, 2.05) is 29.2 Å². The average Bonchev–Trinajstić information content (AvgIpc) is 3.03. The second kappa shape index (κ2) is 7.02. The average molecular weight is 366 g/mol. The molecule has 3 rings (SSSR count). The summed E-state index contributed by atoms with van der Waals surface area (Å²) >= 11 is 3.39. The van der Waals surface area contributed by atoms with E-state index in [1.54, 1.807) is 0 Å². The Morgan fingerprint density at radius 3 is 2.68 bits per heavy atom. The van der Waals surface area contributed by atoms with Crippen LogP contribution in [0.25, 0.3) is 11.4 Å². The summed E-state index contributed by atoms with van der Waals surface area (Å²) in [6, 6.07) is 7.68. The van der Waals surface area contributed by atoms with E-state index in [4.69, 9.17) is 9.26 Å². The summed E-state index contributed by atoms with van der Waals surface area (Å²) in [6.07, 6.45) is 0.835. The van der Waals surface area contributed by atoms with Crippen molar-refractivity contribution in [2.45, 2.75) is 12.8 Å². The Hall–Kier alpha value is -1.73. The van der Waals surface area contributed by atoms with Gasteiger partial charge in [0, 0.05) is 36.0 Å². The molecular formula is C15H16BrN3O3. The molecule has 0 aliphatic carbocycles. The molecule has 0 saturated carbocycles. The van der Waals surface area contributed by atoms with Crippen molar-refractivity contribution in [3.63, 3.8) is 0 Å². The van der Waals surface area contributed by atoms with E-state index in [0.29, 0.717) is 50.9 Å². The van der Waals surface area contributed by atoms with Crippen LogP contribution in [0.5, 0.6) is 0 Å². The van der Waals surface area contributed by atoms with Crippen LogP contribution < -0.4 is 0 Å². The van der Waals surface area contributed by atoms with Gasteiger partial charge in [0.2, 0.25) is 17.6 Å². The van der Waals surface area contributed by atoms with Gasteiger partial charge in [0.05, 0.1) is 13.2 Å². The van der Waals surface area contributed by atoms with Gasteiger partial charge in [-0.2, -0.15) is 4.98 Å². The maximum Gasteiger partial charge on any atom is 0.227 e. The minimum atomic E-state index is 0.103. The molecule has 22 heavy (non-hydrogen) atoms. The van der Waals surface area contributed by atoms with Crippen molar-refractivity contribution in [3.05, 3.63) is 34.6 Å². The zero-order valence-corrected chi connectivity index (χ0v) is 13.6. The number of carbonyl (C=O) groups excluding carboxylic acids is 1. The van der Waals surface area contributed by atoms with Gasteiger partial charge in [-0.1, -0.05) is 21.1 Å². The number of aryl methyl sites for hydroxylation is 1. The summed E-state index contributed by atoms with van der Waals surface area (Å²) in [5.41, 5.74) is 0.887. The summed E-state index contributed by atoms with van der Waals surface area (Å²) in [7, 11) is 0. The fourth-order valence-corrected chi connectivity index (χ4v) is 2.52. The number of benzene rings is 1. The van der Waals surface area contributed by atoms with Crippen LogP contribution in [0.4, 0.5) is 0 Å². The Morgan fingerprint density at radius 2 is 1.95 bits per heavy atom. The van der Waals surface area contributed by atoms with E-state index in [9.17, 15) is 4.79 Å². The number of morpholine rings is 1. The van der Waals surface area contributed by atoms with Gasteiger partial charge in [0.15, 0.2) is 0 Å². The van der Waals surface area contributed by atoms with Crippen molar-refractivity contribution < 1.29 is 14.1 Å². The van der Waals surface area contributed by atoms with E-state index in [-0.39, 0.29) is 5.91 Å². The van der Waals surface area contributed by atoms with Gasteiger partial charge in [-0.05, 0) is 24.3 Å². The van der Waals surface area contributed by atoms with E-state index < -0.39 is 0 Å². The van der Waals surface area contributed by atoms with Crippen molar-refractivity contribution in [2.75, 3.05) is 26.3 Å². The summed E-state index contributed by atoms with van der Waals surface area (Å²) in [5, 5.41) is 3.96. The minimum Gasteiger partial charge on any atom is -0.378 e. The van der Waals surface area contributed by atoms with E-state index in [2.05, 4.69) is 26.1 Å². The molecule has 0 spiro atoms. The number of aromatic nitrogens is 2. The molecule has 1 aromatic carbocycles. The second-order valence-electron chi connectivity index (χ2n) is 5.01. The maximum atomic E-state index is 12.1. The number of hydrogen-bond acceptors (Lipinski definition) is 5. The zero-order valence-electron chi connectivity index (χ0n) is 12.0. The molecule has 1 aliphatic heterocycles. The SMILES string of the molecule is O=C(CCc1nc(-c2ccc(Br)cc2)no1)N1CCOCC1. The molecule has 1 saturated heterocycles. The van der Waals surface area contributed by atoms with E-state index in [0.717, 1.165) is 10.0 Å². The number of amides is 1. The standard InChI is InChI=1S/C15H16BrN3O3/c16-12-3-1-11(2-4-12)15-17-13(22-18-15)5-6-14(20)19-7-9-21-10-8-19/h1-4H,5-10H2. The number of ether oxygens (including phenoxy) is 1. The van der Waals surface area contributed by atoms with E-state index in [1.165, 1.54) is 0 Å². The van der Waals surface area contributed by atoms with Crippen LogP contribution in [0.2, 0.25) is 0 Å². The van der Waals surface area contributed by atoms with Gasteiger partial charge in [-0.3, -0.25) is 4.79 Å². The first-order valence-corrected chi connectivity index (χ1v) is 7.96. The predicted octanol–water partition coefficient (Wildman–Crippen LogP) is 2.29. The van der Waals surface area contributed by atoms with Crippen LogP contribution >= 0.6 is 15.9 Å². The molecule has 1 aromatic heterocycles. The largest absolute Gasteiger partial charge is 0.378 e. The molecule has 1 amide bonds. The molecule has 2 aromatic rings.